The van der Waals surface area contributed by atoms with Crippen molar-refractivity contribution in [3.63, 3.8) is 0 Å². The molecule has 0 radical (unpaired) electrons. The summed E-state index contributed by atoms with van der Waals surface area (Å²) in [7, 11) is 1.62. The molecular weight excluding hydrogens is 350 g/mol. The first-order valence-corrected chi connectivity index (χ1v) is 6.22. The zero-order valence-corrected chi connectivity index (χ0v) is 12.3. The summed E-state index contributed by atoms with van der Waals surface area (Å²) < 4.78 is 5.97. The quantitative estimate of drug-likeness (QED) is 0.608. The highest BCUT2D eigenvalue weighted by atomic mass is 127. The Labute approximate surface area is 113 Å². The van der Waals surface area contributed by atoms with Crippen LogP contribution in [0.15, 0.2) is 0 Å². The molecule has 0 bridgehead atoms. The van der Waals surface area contributed by atoms with Crippen LogP contribution in [0.2, 0.25) is 10.3 Å². The van der Waals surface area contributed by atoms with Crippen LogP contribution in [-0.2, 0) is 4.74 Å². The molecule has 84 valence electrons. The standard InChI is InChI=1S/C9H11Cl2IN2O/c1-4(2)6(15-3)9-13-7(10)5(12)8(11)14-9/h4,6H,1-3H3. The minimum Gasteiger partial charge on any atom is -0.373 e. The minimum absolute atomic E-state index is 0.183. The highest BCUT2D eigenvalue weighted by Gasteiger charge is 2.20. The summed E-state index contributed by atoms with van der Waals surface area (Å²) in [5, 5.41) is 0.738. The maximum atomic E-state index is 5.93. The molecule has 0 amide bonds. The van der Waals surface area contributed by atoms with Crippen LogP contribution in [0.5, 0.6) is 0 Å². The van der Waals surface area contributed by atoms with Gasteiger partial charge in [0.15, 0.2) is 5.82 Å². The van der Waals surface area contributed by atoms with Crippen LogP contribution >= 0.6 is 45.8 Å². The summed E-state index contributed by atoms with van der Waals surface area (Å²) in [6.45, 7) is 4.05. The second-order valence-electron chi connectivity index (χ2n) is 3.38. The average molecular weight is 361 g/mol. The largest absolute Gasteiger partial charge is 0.373 e. The highest BCUT2D eigenvalue weighted by Crippen LogP contribution is 2.28. The summed E-state index contributed by atoms with van der Waals surface area (Å²) in [6.07, 6.45) is -0.183. The van der Waals surface area contributed by atoms with E-state index in [-0.39, 0.29) is 12.0 Å². The first-order chi connectivity index (χ1) is 6.97. The Balaban J connectivity index is 3.14. The third kappa shape index (κ3) is 3.15. The van der Waals surface area contributed by atoms with Crippen molar-refractivity contribution in [3.8, 4) is 0 Å². The fourth-order valence-corrected chi connectivity index (χ4v) is 1.85. The van der Waals surface area contributed by atoms with Crippen LogP contribution in [0.3, 0.4) is 0 Å². The summed E-state index contributed by atoms with van der Waals surface area (Å²) in [4.78, 5) is 8.33. The number of ether oxygens (including phenoxy) is 1. The van der Waals surface area contributed by atoms with Crippen LogP contribution in [0.25, 0.3) is 0 Å². The van der Waals surface area contributed by atoms with Gasteiger partial charge in [0.1, 0.15) is 16.4 Å². The Hall–Kier alpha value is 0.350. The van der Waals surface area contributed by atoms with Crippen LogP contribution in [-0.4, -0.2) is 17.1 Å². The number of halogens is 3. The van der Waals surface area contributed by atoms with Gasteiger partial charge in [-0.15, -0.1) is 0 Å². The van der Waals surface area contributed by atoms with E-state index in [0.717, 1.165) is 0 Å². The third-order valence-electron chi connectivity index (χ3n) is 1.90. The molecule has 1 rings (SSSR count). The summed E-state index contributed by atoms with van der Waals surface area (Å²) in [6, 6.07) is 0. The zero-order valence-electron chi connectivity index (χ0n) is 8.59. The third-order valence-corrected chi connectivity index (χ3v) is 4.11. The van der Waals surface area contributed by atoms with E-state index in [1.165, 1.54) is 0 Å². The maximum Gasteiger partial charge on any atom is 0.160 e. The summed E-state index contributed by atoms with van der Waals surface area (Å²) >= 11 is 13.9. The van der Waals surface area contributed by atoms with Gasteiger partial charge in [0.05, 0.1) is 3.57 Å². The fourth-order valence-electron chi connectivity index (χ4n) is 1.21. The van der Waals surface area contributed by atoms with Crippen LogP contribution < -0.4 is 0 Å². The van der Waals surface area contributed by atoms with Gasteiger partial charge in [-0.1, -0.05) is 37.0 Å². The normalized spacial score (nSPS) is 13.3. The van der Waals surface area contributed by atoms with Gasteiger partial charge in [0.25, 0.3) is 0 Å². The number of rotatable bonds is 3. The molecule has 0 spiro atoms. The van der Waals surface area contributed by atoms with Crippen molar-refractivity contribution >= 4 is 45.8 Å². The van der Waals surface area contributed by atoms with Gasteiger partial charge >= 0.3 is 0 Å². The molecule has 3 nitrogen and oxygen atoms in total. The predicted octanol–water partition coefficient (Wildman–Crippen LogP) is 3.73. The minimum atomic E-state index is -0.183. The number of hydrogen-bond donors (Lipinski definition) is 0. The van der Waals surface area contributed by atoms with E-state index in [1.807, 2.05) is 36.4 Å². The summed E-state index contributed by atoms with van der Waals surface area (Å²) in [5.74, 6) is 0.796. The van der Waals surface area contributed by atoms with Gasteiger partial charge in [-0.25, -0.2) is 9.97 Å². The average Bonchev–Trinajstić information content (AvgIpc) is 2.14. The molecule has 0 aromatic carbocycles. The molecule has 0 aliphatic heterocycles. The first kappa shape index (κ1) is 13.4. The lowest BCUT2D eigenvalue weighted by molar-refractivity contribution is 0.0574. The zero-order chi connectivity index (χ0) is 11.6. The Bertz CT molecular complexity index is 337. The Morgan fingerprint density at radius 2 is 1.67 bits per heavy atom. The Morgan fingerprint density at radius 3 is 2.00 bits per heavy atom. The molecule has 15 heavy (non-hydrogen) atoms. The Morgan fingerprint density at radius 1 is 1.20 bits per heavy atom. The lowest BCUT2D eigenvalue weighted by atomic mass is 10.1. The van der Waals surface area contributed by atoms with Crippen molar-refractivity contribution in [2.24, 2.45) is 5.92 Å². The highest BCUT2D eigenvalue weighted by molar-refractivity contribution is 14.1. The maximum absolute atomic E-state index is 5.93. The molecule has 1 aromatic rings. The number of nitrogens with zero attached hydrogens (tertiary/aromatic N) is 2. The lowest BCUT2D eigenvalue weighted by Crippen LogP contribution is -2.13. The van der Waals surface area contributed by atoms with Crippen molar-refractivity contribution in [1.29, 1.82) is 0 Å². The Kier molecular flexibility index (Phi) is 5.02. The van der Waals surface area contributed by atoms with E-state index in [9.17, 15) is 0 Å². The molecule has 0 saturated carbocycles. The number of hydrogen-bond acceptors (Lipinski definition) is 3. The molecule has 0 fully saturated rings. The van der Waals surface area contributed by atoms with E-state index in [1.54, 1.807) is 7.11 Å². The van der Waals surface area contributed by atoms with E-state index in [2.05, 4.69) is 9.97 Å². The summed E-state index contributed by atoms with van der Waals surface area (Å²) in [5.41, 5.74) is 0. The number of aromatic nitrogens is 2. The molecule has 6 heteroatoms. The van der Waals surface area contributed by atoms with Gasteiger partial charge in [-0.2, -0.15) is 0 Å². The van der Waals surface area contributed by atoms with Crippen molar-refractivity contribution in [1.82, 2.24) is 9.97 Å². The second kappa shape index (κ2) is 5.61. The first-order valence-electron chi connectivity index (χ1n) is 4.38. The van der Waals surface area contributed by atoms with Crippen molar-refractivity contribution in [2.45, 2.75) is 20.0 Å². The van der Waals surface area contributed by atoms with Gasteiger partial charge in [0, 0.05) is 7.11 Å². The van der Waals surface area contributed by atoms with E-state index < -0.39 is 0 Å². The van der Waals surface area contributed by atoms with Crippen LogP contribution in [0, 0.1) is 9.49 Å². The molecule has 1 unspecified atom stereocenters. The smallest absolute Gasteiger partial charge is 0.160 e. The van der Waals surface area contributed by atoms with Crippen molar-refractivity contribution in [2.75, 3.05) is 7.11 Å². The lowest BCUT2D eigenvalue weighted by Gasteiger charge is -2.18. The predicted molar refractivity (Wildman–Crippen MR) is 69.4 cm³/mol. The molecule has 0 aliphatic carbocycles. The molecule has 1 aromatic heterocycles. The van der Waals surface area contributed by atoms with Gasteiger partial charge in [0.2, 0.25) is 0 Å². The molecule has 0 saturated heterocycles. The molecule has 1 atom stereocenters. The van der Waals surface area contributed by atoms with Gasteiger partial charge in [-0.05, 0) is 28.5 Å². The fraction of sp³-hybridized carbons (Fsp3) is 0.556. The number of methoxy groups -OCH3 is 1. The SMILES string of the molecule is COC(c1nc(Cl)c(I)c(Cl)n1)C(C)C. The molecule has 1 heterocycles. The molecule has 0 aliphatic rings. The monoisotopic (exact) mass is 360 g/mol. The van der Waals surface area contributed by atoms with E-state index >= 15 is 0 Å². The van der Waals surface area contributed by atoms with Crippen LogP contribution in [0.1, 0.15) is 25.8 Å². The van der Waals surface area contributed by atoms with E-state index in [4.69, 9.17) is 27.9 Å². The van der Waals surface area contributed by atoms with E-state index in [0.29, 0.717) is 19.7 Å². The van der Waals surface area contributed by atoms with Gasteiger partial charge in [-0.3, -0.25) is 0 Å². The van der Waals surface area contributed by atoms with Crippen molar-refractivity contribution in [3.05, 3.63) is 19.7 Å². The van der Waals surface area contributed by atoms with Crippen LogP contribution in [0.4, 0.5) is 0 Å². The van der Waals surface area contributed by atoms with Gasteiger partial charge < -0.3 is 4.74 Å². The molecular formula is C9H11Cl2IN2O. The molecule has 0 N–H and O–H groups in total. The van der Waals surface area contributed by atoms with Crippen molar-refractivity contribution < 1.29 is 4.74 Å². The topological polar surface area (TPSA) is 35.0 Å². The second-order valence-corrected chi connectivity index (χ2v) is 5.17.